The third kappa shape index (κ3) is 3.85. The molecule has 1 aliphatic carbocycles. The Labute approximate surface area is 108 Å². The first-order valence-corrected chi connectivity index (χ1v) is 7.05. The van der Waals surface area contributed by atoms with Crippen LogP contribution in [0.15, 0.2) is 0 Å². The first-order chi connectivity index (χ1) is 8.79. The Morgan fingerprint density at radius 2 is 2.00 bits per heavy atom. The molecule has 3 N–H and O–H groups in total. The van der Waals surface area contributed by atoms with Crippen LogP contribution in [0.1, 0.15) is 38.5 Å². The second-order valence-corrected chi connectivity index (χ2v) is 5.37. The third-order valence-corrected chi connectivity index (χ3v) is 3.96. The van der Waals surface area contributed by atoms with E-state index >= 15 is 0 Å². The maximum absolute atomic E-state index is 11.9. The van der Waals surface area contributed by atoms with E-state index in [1.54, 1.807) is 0 Å². The molecule has 0 radical (unpaired) electrons. The zero-order valence-corrected chi connectivity index (χ0v) is 10.9. The Balaban J connectivity index is 1.75. The number of amides is 2. The van der Waals surface area contributed by atoms with Gasteiger partial charge in [0.2, 0.25) is 0 Å². The summed E-state index contributed by atoms with van der Waals surface area (Å²) in [7, 11) is 0. The maximum atomic E-state index is 11.9. The molecule has 18 heavy (non-hydrogen) atoms. The number of aliphatic hydroxyl groups excluding tert-OH is 1. The van der Waals surface area contributed by atoms with Crippen LogP contribution in [0.2, 0.25) is 0 Å². The topological polar surface area (TPSA) is 70.6 Å². The molecule has 0 spiro atoms. The second-order valence-electron chi connectivity index (χ2n) is 5.37. The lowest BCUT2D eigenvalue weighted by atomic mass is 9.85. The van der Waals surface area contributed by atoms with E-state index in [9.17, 15) is 9.90 Å². The zero-order chi connectivity index (χ0) is 12.8. The first kappa shape index (κ1) is 13.6. The summed E-state index contributed by atoms with van der Waals surface area (Å²) < 4.78 is 5.33. The van der Waals surface area contributed by atoms with Crippen LogP contribution in [0.3, 0.4) is 0 Å². The van der Waals surface area contributed by atoms with Crippen molar-refractivity contribution in [3.63, 3.8) is 0 Å². The Morgan fingerprint density at radius 1 is 1.17 bits per heavy atom. The predicted octanol–water partition coefficient (Wildman–Crippen LogP) is 1.02. The molecule has 2 aliphatic rings. The number of ether oxygens (including phenoxy) is 1. The summed E-state index contributed by atoms with van der Waals surface area (Å²) >= 11 is 0. The molecule has 2 amide bonds. The summed E-state index contributed by atoms with van der Waals surface area (Å²) in [5.74, 6) is 0.215. The number of aliphatic hydroxyl groups is 1. The van der Waals surface area contributed by atoms with Gasteiger partial charge in [0.15, 0.2) is 0 Å². The molecule has 104 valence electrons. The summed E-state index contributed by atoms with van der Waals surface area (Å²) in [6, 6.07) is 0.138. The van der Waals surface area contributed by atoms with E-state index < -0.39 is 0 Å². The molecule has 1 saturated heterocycles. The van der Waals surface area contributed by atoms with Gasteiger partial charge >= 0.3 is 6.03 Å². The minimum Gasteiger partial charge on any atom is -0.396 e. The van der Waals surface area contributed by atoms with Crippen molar-refractivity contribution >= 4 is 6.03 Å². The highest BCUT2D eigenvalue weighted by molar-refractivity contribution is 5.74. The molecular formula is C13H24N2O3. The van der Waals surface area contributed by atoms with Crippen molar-refractivity contribution in [3.8, 4) is 0 Å². The molecule has 2 rings (SSSR count). The van der Waals surface area contributed by atoms with Gasteiger partial charge in [-0.05, 0) is 25.7 Å². The SMILES string of the molecule is O=C(NC1CCCOC1)NC1CCCCC1CO. The number of rotatable bonds is 3. The van der Waals surface area contributed by atoms with Gasteiger partial charge in [0, 0.05) is 25.2 Å². The number of nitrogens with one attached hydrogen (secondary N) is 2. The predicted molar refractivity (Wildman–Crippen MR) is 68.3 cm³/mol. The molecule has 0 aromatic carbocycles. The molecule has 5 nitrogen and oxygen atoms in total. The van der Waals surface area contributed by atoms with Gasteiger partial charge in [-0.2, -0.15) is 0 Å². The van der Waals surface area contributed by atoms with Crippen molar-refractivity contribution in [3.05, 3.63) is 0 Å². The van der Waals surface area contributed by atoms with Gasteiger partial charge < -0.3 is 20.5 Å². The Hall–Kier alpha value is -0.810. The van der Waals surface area contributed by atoms with Crippen LogP contribution in [0.4, 0.5) is 4.79 Å². The maximum Gasteiger partial charge on any atom is 0.315 e. The summed E-state index contributed by atoms with van der Waals surface area (Å²) in [6.45, 7) is 1.58. The van der Waals surface area contributed by atoms with Gasteiger partial charge in [0.1, 0.15) is 0 Å². The quantitative estimate of drug-likeness (QED) is 0.706. The van der Waals surface area contributed by atoms with Crippen LogP contribution in [0.5, 0.6) is 0 Å². The fraction of sp³-hybridized carbons (Fsp3) is 0.923. The highest BCUT2D eigenvalue weighted by Gasteiger charge is 2.26. The average Bonchev–Trinajstić information content (AvgIpc) is 2.40. The highest BCUT2D eigenvalue weighted by Crippen LogP contribution is 2.23. The van der Waals surface area contributed by atoms with Crippen molar-refractivity contribution in [1.29, 1.82) is 0 Å². The molecule has 0 aromatic rings. The highest BCUT2D eigenvalue weighted by atomic mass is 16.5. The van der Waals surface area contributed by atoms with Crippen LogP contribution >= 0.6 is 0 Å². The number of urea groups is 1. The monoisotopic (exact) mass is 256 g/mol. The zero-order valence-electron chi connectivity index (χ0n) is 10.9. The lowest BCUT2D eigenvalue weighted by Gasteiger charge is -2.32. The van der Waals surface area contributed by atoms with Crippen LogP contribution in [-0.2, 0) is 4.74 Å². The molecule has 2 fully saturated rings. The number of hydrogen-bond donors (Lipinski definition) is 3. The number of carbonyl (C=O) groups excluding carboxylic acids is 1. The summed E-state index contributed by atoms with van der Waals surface area (Å²) in [5.41, 5.74) is 0. The minimum atomic E-state index is -0.115. The fourth-order valence-corrected chi connectivity index (χ4v) is 2.87. The van der Waals surface area contributed by atoms with E-state index in [0.29, 0.717) is 6.61 Å². The van der Waals surface area contributed by atoms with E-state index in [1.165, 1.54) is 0 Å². The molecule has 3 unspecified atom stereocenters. The smallest absolute Gasteiger partial charge is 0.315 e. The average molecular weight is 256 g/mol. The third-order valence-electron chi connectivity index (χ3n) is 3.96. The second kappa shape index (κ2) is 6.95. The van der Waals surface area contributed by atoms with Crippen LogP contribution in [-0.4, -0.2) is 43.0 Å². The molecule has 5 heteroatoms. The molecule has 1 heterocycles. The van der Waals surface area contributed by atoms with Crippen molar-refractivity contribution in [2.24, 2.45) is 5.92 Å². The Bertz CT molecular complexity index is 267. The van der Waals surface area contributed by atoms with E-state index in [1.807, 2.05) is 0 Å². The van der Waals surface area contributed by atoms with Gasteiger partial charge in [0.05, 0.1) is 12.6 Å². The minimum absolute atomic E-state index is 0.115. The van der Waals surface area contributed by atoms with Gasteiger partial charge in [-0.25, -0.2) is 4.79 Å². The number of hydrogen-bond acceptors (Lipinski definition) is 3. The van der Waals surface area contributed by atoms with E-state index in [4.69, 9.17) is 4.74 Å². The molecule has 0 bridgehead atoms. The standard InChI is InChI=1S/C13H24N2O3/c16-8-10-4-1-2-6-12(10)15-13(17)14-11-5-3-7-18-9-11/h10-12,16H,1-9H2,(H2,14,15,17). The Morgan fingerprint density at radius 3 is 2.72 bits per heavy atom. The van der Waals surface area contributed by atoms with Crippen molar-refractivity contribution < 1.29 is 14.6 Å². The van der Waals surface area contributed by atoms with Crippen LogP contribution in [0, 0.1) is 5.92 Å². The van der Waals surface area contributed by atoms with Gasteiger partial charge in [0.25, 0.3) is 0 Å². The van der Waals surface area contributed by atoms with Gasteiger partial charge in [-0.3, -0.25) is 0 Å². The van der Waals surface area contributed by atoms with Crippen LogP contribution < -0.4 is 10.6 Å². The van der Waals surface area contributed by atoms with E-state index in [2.05, 4.69) is 10.6 Å². The van der Waals surface area contributed by atoms with Gasteiger partial charge in [-0.1, -0.05) is 12.8 Å². The summed E-state index contributed by atoms with van der Waals surface area (Å²) in [4.78, 5) is 11.9. The first-order valence-electron chi connectivity index (χ1n) is 7.05. The van der Waals surface area contributed by atoms with Crippen LogP contribution in [0.25, 0.3) is 0 Å². The molecule has 1 aliphatic heterocycles. The van der Waals surface area contributed by atoms with Gasteiger partial charge in [-0.15, -0.1) is 0 Å². The summed E-state index contributed by atoms with van der Waals surface area (Å²) in [6.07, 6.45) is 6.26. The normalized spacial score (nSPS) is 32.8. The molecule has 1 saturated carbocycles. The summed E-state index contributed by atoms with van der Waals surface area (Å²) in [5, 5.41) is 15.3. The van der Waals surface area contributed by atoms with Crippen molar-refractivity contribution in [2.75, 3.05) is 19.8 Å². The fourth-order valence-electron chi connectivity index (χ4n) is 2.87. The lowest BCUT2D eigenvalue weighted by molar-refractivity contribution is 0.0724. The lowest BCUT2D eigenvalue weighted by Crippen LogP contribution is -2.51. The van der Waals surface area contributed by atoms with E-state index in [-0.39, 0.29) is 30.6 Å². The molecular weight excluding hydrogens is 232 g/mol. The number of carbonyl (C=O) groups is 1. The Kier molecular flexibility index (Phi) is 5.26. The van der Waals surface area contributed by atoms with Crippen molar-refractivity contribution in [2.45, 2.75) is 50.6 Å². The largest absolute Gasteiger partial charge is 0.396 e. The molecule has 3 atom stereocenters. The molecule has 0 aromatic heterocycles. The van der Waals surface area contributed by atoms with E-state index in [0.717, 1.165) is 45.1 Å². The van der Waals surface area contributed by atoms with Crippen molar-refractivity contribution in [1.82, 2.24) is 10.6 Å².